The van der Waals surface area contributed by atoms with Crippen molar-refractivity contribution < 1.29 is 9.53 Å². The van der Waals surface area contributed by atoms with Crippen molar-refractivity contribution >= 4 is 5.91 Å². The van der Waals surface area contributed by atoms with Crippen molar-refractivity contribution in [2.24, 2.45) is 0 Å². The number of carbonyl (C=O) groups is 1. The molecule has 1 aromatic heterocycles. The number of benzene rings is 1. The Balaban J connectivity index is 1.26. The summed E-state index contributed by atoms with van der Waals surface area (Å²) in [6, 6.07) is 7.98. The molecule has 0 saturated carbocycles. The maximum atomic E-state index is 12.7. The van der Waals surface area contributed by atoms with E-state index < -0.39 is 0 Å². The lowest BCUT2D eigenvalue weighted by Crippen LogP contribution is -2.34. The fourth-order valence-corrected chi connectivity index (χ4v) is 4.25. The molecule has 1 N–H and O–H groups in total. The van der Waals surface area contributed by atoms with Crippen molar-refractivity contribution in [1.29, 1.82) is 0 Å². The number of fused-ring (bicyclic) bond motifs is 1. The summed E-state index contributed by atoms with van der Waals surface area (Å²) in [7, 11) is 0. The number of nitrogens with one attached hydrogen (secondary N) is 1. The largest absolute Gasteiger partial charge is 0.493 e. The van der Waals surface area contributed by atoms with Crippen LogP contribution in [0.5, 0.6) is 5.75 Å². The minimum Gasteiger partial charge on any atom is -0.493 e. The first-order chi connectivity index (χ1) is 14.2. The second-order valence-electron chi connectivity index (χ2n) is 8.02. The van der Waals surface area contributed by atoms with Gasteiger partial charge in [-0.3, -0.25) is 4.79 Å². The molecule has 2 aliphatic heterocycles. The topological polar surface area (TPSA) is 72.3 Å². The normalized spacial score (nSPS) is 19.5. The molecule has 29 heavy (non-hydrogen) atoms. The van der Waals surface area contributed by atoms with Crippen LogP contribution in [0.4, 0.5) is 0 Å². The van der Waals surface area contributed by atoms with Crippen LogP contribution >= 0.6 is 0 Å². The lowest BCUT2D eigenvalue weighted by Gasteiger charge is -2.23. The van der Waals surface area contributed by atoms with Gasteiger partial charge in [-0.25, -0.2) is 0 Å². The number of nitrogens with zero attached hydrogens (tertiary/aromatic N) is 4. The van der Waals surface area contributed by atoms with E-state index in [1.807, 2.05) is 36.1 Å². The lowest BCUT2D eigenvalue weighted by atomic mass is 9.99. The fraction of sp³-hybridized carbons (Fsp3) is 0.591. The van der Waals surface area contributed by atoms with E-state index in [-0.39, 0.29) is 5.91 Å². The monoisotopic (exact) mass is 397 g/mol. The van der Waals surface area contributed by atoms with E-state index in [9.17, 15) is 4.79 Å². The number of aromatic nitrogens is 3. The van der Waals surface area contributed by atoms with Crippen molar-refractivity contribution in [2.45, 2.75) is 51.5 Å². The molecule has 1 amide bonds. The van der Waals surface area contributed by atoms with Crippen molar-refractivity contribution in [3.63, 3.8) is 0 Å². The van der Waals surface area contributed by atoms with E-state index >= 15 is 0 Å². The Morgan fingerprint density at radius 2 is 2.14 bits per heavy atom. The highest BCUT2D eigenvalue weighted by Crippen LogP contribution is 2.23. The molecule has 0 unspecified atom stereocenters. The highest BCUT2D eigenvalue weighted by molar-refractivity contribution is 5.76. The first-order valence-electron chi connectivity index (χ1n) is 10.8. The quantitative estimate of drug-likeness (QED) is 0.758. The smallest absolute Gasteiger partial charge is 0.222 e. The first-order valence-corrected chi connectivity index (χ1v) is 10.8. The average molecular weight is 398 g/mol. The average Bonchev–Trinajstić information content (AvgIpc) is 3.04. The Morgan fingerprint density at radius 1 is 1.24 bits per heavy atom. The number of hydrogen-bond donors (Lipinski definition) is 1. The van der Waals surface area contributed by atoms with Gasteiger partial charge in [0.05, 0.1) is 6.61 Å². The number of carbonyl (C=O) groups excluding carboxylic acids is 1. The Morgan fingerprint density at radius 3 is 2.97 bits per heavy atom. The van der Waals surface area contributed by atoms with Gasteiger partial charge in [0.15, 0.2) is 0 Å². The van der Waals surface area contributed by atoms with Gasteiger partial charge in [0, 0.05) is 44.9 Å². The van der Waals surface area contributed by atoms with Gasteiger partial charge in [-0.1, -0.05) is 18.2 Å². The Labute approximate surface area is 172 Å². The van der Waals surface area contributed by atoms with Crippen LogP contribution in [-0.4, -0.2) is 58.4 Å². The van der Waals surface area contributed by atoms with Crippen LogP contribution in [-0.2, 0) is 17.8 Å². The van der Waals surface area contributed by atoms with Crippen LogP contribution in [0.1, 0.15) is 48.8 Å². The third-order valence-corrected chi connectivity index (χ3v) is 5.96. The van der Waals surface area contributed by atoms with Crippen LogP contribution < -0.4 is 10.1 Å². The highest BCUT2D eigenvalue weighted by atomic mass is 16.5. The van der Waals surface area contributed by atoms with Crippen LogP contribution in [0.3, 0.4) is 0 Å². The number of rotatable bonds is 6. The van der Waals surface area contributed by atoms with Crippen LogP contribution in [0.15, 0.2) is 24.3 Å². The number of amides is 1. The second-order valence-corrected chi connectivity index (χ2v) is 8.02. The van der Waals surface area contributed by atoms with Gasteiger partial charge in [-0.05, 0) is 44.4 Å². The number of piperidine rings is 1. The van der Waals surface area contributed by atoms with Crippen molar-refractivity contribution in [3.8, 4) is 5.75 Å². The summed E-state index contributed by atoms with van der Waals surface area (Å²) < 4.78 is 8.08. The molecule has 1 aromatic carbocycles. The van der Waals surface area contributed by atoms with E-state index in [4.69, 9.17) is 4.74 Å². The predicted molar refractivity (Wildman–Crippen MR) is 111 cm³/mol. The zero-order chi connectivity index (χ0) is 20.1. The number of para-hydroxylation sites is 1. The Bertz CT molecular complexity index is 828. The maximum Gasteiger partial charge on any atom is 0.222 e. The molecule has 2 aromatic rings. The van der Waals surface area contributed by atoms with Gasteiger partial charge in [-0.2, -0.15) is 0 Å². The first kappa shape index (κ1) is 19.9. The summed E-state index contributed by atoms with van der Waals surface area (Å²) in [5, 5.41) is 12.4. The van der Waals surface area contributed by atoms with Crippen LogP contribution in [0.2, 0.25) is 0 Å². The third kappa shape index (κ3) is 4.78. The van der Waals surface area contributed by atoms with Gasteiger partial charge < -0.3 is 19.5 Å². The van der Waals surface area contributed by atoms with Crippen LogP contribution in [0.25, 0.3) is 0 Å². The molecule has 7 heteroatoms. The van der Waals surface area contributed by atoms with E-state index in [2.05, 4.69) is 20.1 Å². The number of ether oxygens (including phenoxy) is 1. The van der Waals surface area contributed by atoms with Crippen LogP contribution in [0, 0.1) is 6.92 Å². The summed E-state index contributed by atoms with van der Waals surface area (Å²) in [5.74, 6) is 3.65. The van der Waals surface area contributed by atoms with E-state index in [1.54, 1.807) is 0 Å². The highest BCUT2D eigenvalue weighted by Gasteiger charge is 2.26. The zero-order valence-electron chi connectivity index (χ0n) is 17.3. The summed E-state index contributed by atoms with van der Waals surface area (Å²) in [6.07, 6.45) is 4.37. The van der Waals surface area contributed by atoms with Gasteiger partial charge in [-0.15, -0.1) is 10.2 Å². The molecule has 0 bridgehead atoms. The van der Waals surface area contributed by atoms with E-state index in [1.165, 1.54) is 6.42 Å². The van der Waals surface area contributed by atoms with Gasteiger partial charge in [0.25, 0.3) is 0 Å². The standard InChI is InChI=1S/C22H31N5O2/c1-17-6-2-3-8-19(17)29-15-5-9-21(28)26-12-10-20-24-25-22(27(20)14-13-26)18-7-4-11-23-16-18/h2-3,6,8,18,23H,4-5,7,9-16H2,1H3/t18-/m0/s1. The molecule has 2 aliphatic rings. The van der Waals surface area contributed by atoms with Crippen molar-refractivity contribution in [3.05, 3.63) is 41.5 Å². The van der Waals surface area contributed by atoms with Crippen molar-refractivity contribution in [1.82, 2.24) is 25.0 Å². The Hall–Kier alpha value is -2.41. The summed E-state index contributed by atoms with van der Waals surface area (Å²) in [4.78, 5) is 14.7. The predicted octanol–water partition coefficient (Wildman–Crippen LogP) is 2.30. The maximum absolute atomic E-state index is 12.7. The lowest BCUT2D eigenvalue weighted by molar-refractivity contribution is -0.131. The summed E-state index contributed by atoms with van der Waals surface area (Å²) in [5.41, 5.74) is 1.12. The number of hydrogen-bond acceptors (Lipinski definition) is 5. The van der Waals surface area contributed by atoms with Gasteiger partial charge in [0.1, 0.15) is 17.4 Å². The molecule has 1 saturated heterocycles. The Kier molecular flexibility index (Phi) is 6.44. The minimum absolute atomic E-state index is 0.206. The molecule has 0 spiro atoms. The van der Waals surface area contributed by atoms with Gasteiger partial charge in [0.2, 0.25) is 5.91 Å². The molecule has 0 aliphatic carbocycles. The molecule has 7 nitrogen and oxygen atoms in total. The summed E-state index contributed by atoms with van der Waals surface area (Å²) in [6.45, 7) is 6.91. The SMILES string of the molecule is Cc1ccccc1OCCCC(=O)N1CCc2nnc([C@H]3CCCNC3)n2CC1. The molecule has 1 fully saturated rings. The van der Waals surface area contributed by atoms with Crippen molar-refractivity contribution in [2.75, 3.05) is 32.8 Å². The molecule has 156 valence electrons. The molecule has 4 rings (SSSR count). The number of aryl methyl sites for hydroxylation is 1. The molecule has 0 radical (unpaired) electrons. The van der Waals surface area contributed by atoms with E-state index in [0.29, 0.717) is 18.9 Å². The fourth-order valence-electron chi connectivity index (χ4n) is 4.25. The zero-order valence-corrected chi connectivity index (χ0v) is 17.3. The minimum atomic E-state index is 0.206. The third-order valence-electron chi connectivity index (χ3n) is 5.96. The molecule has 1 atom stereocenters. The summed E-state index contributed by atoms with van der Waals surface area (Å²) >= 11 is 0. The molecule has 3 heterocycles. The molecular weight excluding hydrogens is 366 g/mol. The second kappa shape index (κ2) is 9.39. The van der Waals surface area contributed by atoms with E-state index in [0.717, 1.165) is 74.9 Å². The molecular formula is C22H31N5O2. The van der Waals surface area contributed by atoms with Gasteiger partial charge >= 0.3 is 0 Å².